The first-order valence-corrected chi connectivity index (χ1v) is 15.2. The van der Waals surface area contributed by atoms with Gasteiger partial charge in [0, 0.05) is 29.7 Å². The van der Waals surface area contributed by atoms with Crippen molar-refractivity contribution in [3.8, 4) is 0 Å². The van der Waals surface area contributed by atoms with Gasteiger partial charge < -0.3 is 5.32 Å². The molecule has 0 spiro atoms. The van der Waals surface area contributed by atoms with Gasteiger partial charge in [0.1, 0.15) is 0 Å². The largest absolute Gasteiger partial charge is 0.313 e. The quantitative estimate of drug-likeness (QED) is 0.280. The number of hydrogen-bond donors (Lipinski definition) is 1. The Balaban J connectivity index is 0.000000584. The van der Waals surface area contributed by atoms with Crippen LogP contribution >= 0.6 is 11.8 Å². The van der Waals surface area contributed by atoms with Gasteiger partial charge in [-0.3, -0.25) is 4.99 Å². The van der Waals surface area contributed by atoms with Gasteiger partial charge in [-0.2, -0.15) is 11.8 Å². The third kappa shape index (κ3) is 18.0. The Kier molecular flexibility index (Phi) is 21.2. The van der Waals surface area contributed by atoms with Gasteiger partial charge >= 0.3 is 0 Å². The van der Waals surface area contributed by atoms with Crippen LogP contribution in [0.25, 0.3) is 12.7 Å². The molecule has 1 atom stereocenters. The van der Waals surface area contributed by atoms with Crippen molar-refractivity contribution in [2.24, 2.45) is 4.99 Å². The summed E-state index contributed by atoms with van der Waals surface area (Å²) in [7, 11) is 0. The molecule has 1 aromatic carbocycles. The average molecular weight is 535 g/mol. The van der Waals surface area contributed by atoms with Crippen LogP contribution in [0.2, 0.25) is 0 Å². The van der Waals surface area contributed by atoms with Crippen LogP contribution < -0.4 is 15.8 Å². The predicted octanol–water partition coefficient (Wildman–Crippen LogP) is 8.56. The molecule has 0 bridgehead atoms. The number of nitrogens with one attached hydrogen (secondary N) is 1. The summed E-state index contributed by atoms with van der Waals surface area (Å²) < 4.78 is 0. The second-order valence-electron chi connectivity index (χ2n) is 9.73. The van der Waals surface area contributed by atoms with Crippen LogP contribution in [0.1, 0.15) is 81.6 Å². The van der Waals surface area contributed by atoms with Gasteiger partial charge in [0.2, 0.25) is 0 Å². The van der Waals surface area contributed by atoms with Gasteiger partial charge in [0.05, 0.1) is 0 Å². The van der Waals surface area contributed by atoms with Gasteiger partial charge in [0.15, 0.2) is 0 Å². The van der Waals surface area contributed by atoms with Crippen molar-refractivity contribution in [1.29, 1.82) is 0 Å². The molecular formula is C35H54N2S. The minimum absolute atomic E-state index is 0.755. The van der Waals surface area contributed by atoms with E-state index in [-0.39, 0.29) is 0 Å². The lowest BCUT2D eigenvalue weighted by Gasteiger charge is -2.05. The Hall–Kier alpha value is -2.36. The smallest absolute Gasteiger partial charge is 0.0433 e. The van der Waals surface area contributed by atoms with E-state index in [9.17, 15) is 0 Å². The highest BCUT2D eigenvalue weighted by Crippen LogP contribution is 2.14. The fourth-order valence-electron chi connectivity index (χ4n) is 3.39. The minimum atomic E-state index is 0.755. The van der Waals surface area contributed by atoms with Gasteiger partial charge in [0.25, 0.3) is 0 Å². The molecule has 2 rings (SSSR count). The molecule has 1 fully saturated rings. The van der Waals surface area contributed by atoms with E-state index < -0.39 is 0 Å². The zero-order chi connectivity index (χ0) is 28.8. The van der Waals surface area contributed by atoms with Crippen molar-refractivity contribution in [3.63, 3.8) is 0 Å². The summed E-state index contributed by atoms with van der Waals surface area (Å²) in [5.41, 5.74) is 6.09. The molecule has 38 heavy (non-hydrogen) atoms. The van der Waals surface area contributed by atoms with Crippen LogP contribution in [-0.4, -0.2) is 29.8 Å². The predicted molar refractivity (Wildman–Crippen MR) is 179 cm³/mol. The molecule has 2 nitrogen and oxygen atoms in total. The number of allylic oxidation sites excluding steroid dienone is 10. The zero-order valence-electron chi connectivity index (χ0n) is 25.7. The van der Waals surface area contributed by atoms with Crippen LogP contribution in [0.3, 0.4) is 0 Å². The number of aliphatic imine (C=N–C) groups is 1. The minimum Gasteiger partial charge on any atom is -0.313 e. The molecule has 0 saturated carbocycles. The first-order valence-electron chi connectivity index (χ1n) is 14.1. The van der Waals surface area contributed by atoms with E-state index in [4.69, 9.17) is 4.99 Å². The standard InChI is InChI=1S/C17H27N.C12H14.C6H13NS/c1-7-10-11-13-15(5)17(9-3)18-16(6)14(4)12-8-2;1-10(2)8-9-12-7-5-4-6-11(12)3;1-6-2-4-8-5-3-7-6/h7,10-13H,8-9H2,1-6H3;4-9H,3H2,1-2H3;6-7H,2-5H2,1H3/b10-7-,13-11-,14-12+,17-15+,18-16+;12-9-;/t;;6-/m..0/s1. The first kappa shape index (κ1) is 35.6. The van der Waals surface area contributed by atoms with Crippen molar-refractivity contribution in [2.75, 3.05) is 18.1 Å². The summed E-state index contributed by atoms with van der Waals surface area (Å²) in [4.78, 5) is 4.74. The van der Waals surface area contributed by atoms with E-state index in [1.165, 1.54) is 46.4 Å². The summed E-state index contributed by atoms with van der Waals surface area (Å²) in [5.74, 6) is 2.64. The van der Waals surface area contributed by atoms with E-state index in [1.807, 2.05) is 37.3 Å². The summed E-state index contributed by atoms with van der Waals surface area (Å²) in [6, 6.07) is 8.87. The highest BCUT2D eigenvalue weighted by molar-refractivity contribution is 7.99. The van der Waals surface area contributed by atoms with Crippen LogP contribution in [-0.2, 0) is 0 Å². The second kappa shape index (κ2) is 22.6. The fourth-order valence-corrected chi connectivity index (χ4v) is 4.38. The number of thioether (sulfide) groups is 1. The monoisotopic (exact) mass is 534 g/mol. The molecule has 1 aliphatic rings. The van der Waals surface area contributed by atoms with E-state index in [2.05, 4.69) is 115 Å². The highest BCUT2D eigenvalue weighted by atomic mass is 32.2. The van der Waals surface area contributed by atoms with Crippen molar-refractivity contribution in [3.05, 3.63) is 93.6 Å². The lowest BCUT2D eigenvalue weighted by molar-refractivity contribution is 0.567. The topological polar surface area (TPSA) is 24.4 Å². The Morgan fingerprint density at radius 1 is 1.08 bits per heavy atom. The maximum atomic E-state index is 4.74. The molecule has 1 heterocycles. The Labute approximate surface area is 239 Å². The fraction of sp³-hybridized carbons (Fsp3) is 0.457. The SMILES string of the molecule is C=c1cccc/c1=C/C=C(C)C.C[C@H]1CCSCCN1.C\C=C/C=C\C(C)=C(CC)\N=C(C)\C(C)=C\CC. The maximum Gasteiger partial charge on any atom is 0.0433 e. The summed E-state index contributed by atoms with van der Waals surface area (Å²) in [6.45, 7) is 24.2. The highest BCUT2D eigenvalue weighted by Gasteiger charge is 2.04. The van der Waals surface area contributed by atoms with Crippen LogP contribution in [0, 0.1) is 0 Å². The molecule has 1 aliphatic heterocycles. The molecule has 0 aromatic heterocycles. The summed E-state index contributed by atoms with van der Waals surface area (Å²) >= 11 is 2.06. The first-order chi connectivity index (χ1) is 18.2. The van der Waals surface area contributed by atoms with E-state index >= 15 is 0 Å². The third-order valence-corrected chi connectivity index (χ3v) is 6.93. The molecule has 0 aliphatic carbocycles. The zero-order valence-corrected chi connectivity index (χ0v) is 26.5. The van der Waals surface area contributed by atoms with Gasteiger partial charge in [-0.05, 0) is 95.1 Å². The molecule has 1 aromatic rings. The second-order valence-corrected chi connectivity index (χ2v) is 11.0. The van der Waals surface area contributed by atoms with Gasteiger partial charge in [-0.25, -0.2) is 0 Å². The molecule has 1 saturated heterocycles. The number of hydrogen-bond acceptors (Lipinski definition) is 3. The lowest BCUT2D eigenvalue weighted by atomic mass is 10.1. The maximum absolute atomic E-state index is 4.74. The third-order valence-electron chi connectivity index (χ3n) is 5.91. The summed E-state index contributed by atoms with van der Waals surface area (Å²) in [5, 5.41) is 5.70. The Bertz CT molecular complexity index is 1070. The summed E-state index contributed by atoms with van der Waals surface area (Å²) in [6.07, 6.45) is 18.0. The number of benzene rings is 1. The number of nitrogens with zero attached hydrogens (tertiary/aromatic N) is 1. The molecule has 210 valence electrons. The van der Waals surface area contributed by atoms with Crippen molar-refractivity contribution in [2.45, 2.75) is 87.6 Å². The van der Waals surface area contributed by atoms with Crippen LogP contribution in [0.5, 0.6) is 0 Å². The molecule has 3 heteroatoms. The van der Waals surface area contributed by atoms with Gasteiger partial charge in [-0.15, -0.1) is 0 Å². The molecular weight excluding hydrogens is 480 g/mol. The lowest BCUT2D eigenvalue weighted by Crippen LogP contribution is -2.25. The average Bonchev–Trinajstić information content (AvgIpc) is 3.14. The van der Waals surface area contributed by atoms with E-state index in [1.54, 1.807) is 0 Å². The Morgan fingerprint density at radius 3 is 2.39 bits per heavy atom. The van der Waals surface area contributed by atoms with Crippen molar-refractivity contribution >= 4 is 30.1 Å². The van der Waals surface area contributed by atoms with Crippen molar-refractivity contribution < 1.29 is 0 Å². The van der Waals surface area contributed by atoms with Gasteiger partial charge in [-0.1, -0.05) is 92.8 Å². The van der Waals surface area contributed by atoms with E-state index in [0.29, 0.717) is 0 Å². The van der Waals surface area contributed by atoms with Crippen molar-refractivity contribution in [1.82, 2.24) is 5.32 Å². The van der Waals surface area contributed by atoms with Crippen LogP contribution in [0.4, 0.5) is 0 Å². The molecule has 1 N–H and O–H groups in total. The van der Waals surface area contributed by atoms with Crippen LogP contribution in [0.15, 0.2) is 88.1 Å². The molecule has 0 radical (unpaired) electrons. The molecule has 0 unspecified atom stereocenters. The normalized spacial score (nSPS) is 17.7. The Morgan fingerprint density at radius 2 is 1.79 bits per heavy atom. The number of rotatable bonds is 7. The van der Waals surface area contributed by atoms with E-state index in [0.717, 1.165) is 35.5 Å². The molecule has 0 amide bonds.